The summed E-state index contributed by atoms with van der Waals surface area (Å²) in [5, 5.41) is 13.2. The van der Waals surface area contributed by atoms with E-state index in [-0.39, 0.29) is 0 Å². The Bertz CT molecular complexity index is 1060. The Hall–Kier alpha value is -2.44. The summed E-state index contributed by atoms with van der Waals surface area (Å²) >= 11 is 3.40. The van der Waals surface area contributed by atoms with Gasteiger partial charge in [0.15, 0.2) is 11.0 Å². The summed E-state index contributed by atoms with van der Waals surface area (Å²) in [7, 11) is 0. The van der Waals surface area contributed by atoms with Crippen molar-refractivity contribution in [3.05, 3.63) is 75.7 Å². The third-order valence-corrected chi connectivity index (χ3v) is 6.49. The van der Waals surface area contributed by atoms with Crippen LogP contribution in [0.25, 0.3) is 17.1 Å². The SMILES string of the molecule is CCc1nc(CSc2nnc(-c3ccc(C)cc3)n2-c2ccc(C)cc2)cs1. The zero-order chi connectivity index (χ0) is 19.5. The monoisotopic (exact) mass is 406 g/mol. The van der Waals surface area contributed by atoms with Gasteiger partial charge in [0.1, 0.15) is 0 Å². The molecular formula is C22H22N4S2. The largest absolute Gasteiger partial charge is 0.270 e. The summed E-state index contributed by atoms with van der Waals surface area (Å²) in [4.78, 5) is 4.67. The number of benzene rings is 2. The van der Waals surface area contributed by atoms with E-state index in [1.165, 1.54) is 16.1 Å². The number of hydrogen-bond donors (Lipinski definition) is 0. The maximum Gasteiger partial charge on any atom is 0.196 e. The Balaban J connectivity index is 1.71. The van der Waals surface area contributed by atoms with E-state index in [9.17, 15) is 0 Å². The molecule has 142 valence electrons. The summed E-state index contributed by atoms with van der Waals surface area (Å²) in [6, 6.07) is 16.9. The van der Waals surface area contributed by atoms with Crippen LogP contribution in [0.4, 0.5) is 0 Å². The van der Waals surface area contributed by atoms with Gasteiger partial charge in [-0.15, -0.1) is 21.5 Å². The van der Waals surface area contributed by atoms with Crippen LogP contribution in [0.2, 0.25) is 0 Å². The van der Waals surface area contributed by atoms with Crippen molar-refractivity contribution in [2.24, 2.45) is 0 Å². The molecule has 0 saturated heterocycles. The van der Waals surface area contributed by atoms with Gasteiger partial charge in [-0.3, -0.25) is 4.57 Å². The van der Waals surface area contributed by atoms with Crippen LogP contribution in [-0.4, -0.2) is 19.7 Å². The van der Waals surface area contributed by atoms with E-state index in [2.05, 4.69) is 94.4 Å². The first-order valence-corrected chi connectivity index (χ1v) is 11.2. The Morgan fingerprint density at radius 3 is 2.25 bits per heavy atom. The standard InChI is InChI=1S/C22H22N4S2/c1-4-20-23-18(13-27-20)14-28-22-25-24-21(17-9-5-15(2)6-10-17)26(22)19-11-7-16(3)8-12-19/h5-13H,4,14H2,1-3H3. The lowest BCUT2D eigenvalue weighted by molar-refractivity contribution is 0.884. The van der Waals surface area contributed by atoms with Crippen LogP contribution in [0, 0.1) is 13.8 Å². The minimum absolute atomic E-state index is 0.786. The smallest absolute Gasteiger partial charge is 0.196 e. The lowest BCUT2D eigenvalue weighted by Gasteiger charge is -2.10. The molecule has 0 radical (unpaired) electrons. The molecule has 2 heterocycles. The van der Waals surface area contributed by atoms with E-state index in [4.69, 9.17) is 0 Å². The number of nitrogens with zero attached hydrogens (tertiary/aromatic N) is 4. The molecular weight excluding hydrogens is 384 g/mol. The highest BCUT2D eigenvalue weighted by Crippen LogP contribution is 2.30. The molecule has 2 aromatic heterocycles. The van der Waals surface area contributed by atoms with Crippen molar-refractivity contribution in [2.45, 2.75) is 38.1 Å². The highest BCUT2D eigenvalue weighted by molar-refractivity contribution is 7.98. The molecule has 0 fully saturated rings. The second-order valence-electron chi connectivity index (χ2n) is 6.72. The zero-order valence-corrected chi connectivity index (χ0v) is 17.8. The van der Waals surface area contributed by atoms with Crippen LogP contribution in [-0.2, 0) is 12.2 Å². The Morgan fingerprint density at radius 2 is 1.61 bits per heavy atom. The summed E-state index contributed by atoms with van der Waals surface area (Å²) in [6.45, 7) is 6.33. The fourth-order valence-electron chi connectivity index (χ4n) is 2.90. The first-order valence-electron chi connectivity index (χ1n) is 9.29. The van der Waals surface area contributed by atoms with E-state index in [0.29, 0.717) is 0 Å². The van der Waals surface area contributed by atoms with Crippen molar-refractivity contribution < 1.29 is 0 Å². The average Bonchev–Trinajstić information content (AvgIpc) is 3.34. The molecule has 0 aliphatic carbocycles. The van der Waals surface area contributed by atoms with Crippen LogP contribution < -0.4 is 0 Å². The van der Waals surface area contributed by atoms with E-state index >= 15 is 0 Å². The number of aromatic nitrogens is 4. The molecule has 0 N–H and O–H groups in total. The van der Waals surface area contributed by atoms with Crippen LogP contribution >= 0.6 is 23.1 Å². The highest BCUT2D eigenvalue weighted by Gasteiger charge is 2.16. The minimum atomic E-state index is 0.786. The normalized spacial score (nSPS) is 11.1. The van der Waals surface area contributed by atoms with E-state index in [1.807, 2.05) is 0 Å². The van der Waals surface area contributed by atoms with Crippen molar-refractivity contribution >= 4 is 23.1 Å². The van der Waals surface area contributed by atoms with Gasteiger partial charge in [0.2, 0.25) is 0 Å². The summed E-state index contributed by atoms with van der Waals surface area (Å²) in [5.74, 6) is 1.65. The summed E-state index contributed by atoms with van der Waals surface area (Å²) in [6.07, 6.45) is 0.979. The molecule has 4 rings (SSSR count). The Labute approximate surface area is 173 Å². The van der Waals surface area contributed by atoms with Crippen LogP contribution in [0.1, 0.15) is 28.8 Å². The molecule has 6 heteroatoms. The lowest BCUT2D eigenvalue weighted by atomic mass is 10.1. The zero-order valence-electron chi connectivity index (χ0n) is 16.2. The summed E-state index contributed by atoms with van der Waals surface area (Å²) < 4.78 is 2.14. The van der Waals surface area contributed by atoms with Gasteiger partial charge in [-0.25, -0.2) is 4.98 Å². The number of rotatable bonds is 6. The molecule has 28 heavy (non-hydrogen) atoms. The van der Waals surface area contributed by atoms with Crippen molar-refractivity contribution in [1.82, 2.24) is 19.7 Å². The number of thioether (sulfide) groups is 1. The van der Waals surface area contributed by atoms with E-state index in [1.54, 1.807) is 23.1 Å². The topological polar surface area (TPSA) is 43.6 Å². The first kappa shape index (κ1) is 18.9. The lowest BCUT2D eigenvalue weighted by Crippen LogP contribution is -2.00. The first-order chi connectivity index (χ1) is 13.6. The van der Waals surface area contributed by atoms with Crippen LogP contribution in [0.15, 0.2) is 59.1 Å². The molecule has 2 aromatic carbocycles. The molecule has 0 spiro atoms. The van der Waals surface area contributed by atoms with Gasteiger partial charge in [0.05, 0.1) is 10.7 Å². The molecule has 0 aliphatic rings. The summed E-state index contributed by atoms with van der Waals surface area (Å²) in [5.41, 5.74) is 5.70. The minimum Gasteiger partial charge on any atom is -0.270 e. The molecule has 4 nitrogen and oxygen atoms in total. The number of hydrogen-bond acceptors (Lipinski definition) is 5. The quantitative estimate of drug-likeness (QED) is 0.376. The third kappa shape index (κ3) is 4.03. The van der Waals surface area contributed by atoms with Gasteiger partial charge in [0.25, 0.3) is 0 Å². The van der Waals surface area contributed by atoms with Crippen molar-refractivity contribution in [2.75, 3.05) is 0 Å². The van der Waals surface area contributed by atoms with Gasteiger partial charge in [-0.05, 0) is 32.4 Å². The molecule has 0 aliphatic heterocycles. The molecule has 0 atom stereocenters. The molecule has 0 unspecified atom stereocenters. The Morgan fingerprint density at radius 1 is 0.929 bits per heavy atom. The van der Waals surface area contributed by atoms with Crippen molar-refractivity contribution in [1.29, 1.82) is 0 Å². The van der Waals surface area contributed by atoms with E-state index < -0.39 is 0 Å². The molecule has 4 aromatic rings. The van der Waals surface area contributed by atoms with E-state index in [0.717, 1.165) is 40.1 Å². The van der Waals surface area contributed by atoms with Gasteiger partial charge in [0, 0.05) is 22.4 Å². The van der Waals surface area contributed by atoms with Gasteiger partial charge >= 0.3 is 0 Å². The maximum atomic E-state index is 4.67. The third-order valence-electron chi connectivity index (χ3n) is 4.49. The second-order valence-corrected chi connectivity index (χ2v) is 8.60. The van der Waals surface area contributed by atoms with Crippen LogP contribution in [0.3, 0.4) is 0 Å². The predicted octanol–water partition coefficient (Wildman–Crippen LogP) is 5.86. The van der Waals surface area contributed by atoms with Crippen molar-refractivity contribution in [3.63, 3.8) is 0 Å². The fourth-order valence-corrected chi connectivity index (χ4v) is 4.59. The fraction of sp³-hybridized carbons (Fsp3) is 0.227. The molecule has 0 amide bonds. The maximum absolute atomic E-state index is 4.67. The molecule has 0 saturated carbocycles. The second kappa shape index (κ2) is 8.29. The highest BCUT2D eigenvalue weighted by atomic mass is 32.2. The van der Waals surface area contributed by atoms with Gasteiger partial charge in [-0.2, -0.15) is 0 Å². The van der Waals surface area contributed by atoms with Crippen LogP contribution in [0.5, 0.6) is 0 Å². The number of aryl methyl sites for hydroxylation is 3. The Kier molecular flexibility index (Phi) is 5.59. The average molecular weight is 407 g/mol. The van der Waals surface area contributed by atoms with Gasteiger partial charge in [-0.1, -0.05) is 66.2 Å². The van der Waals surface area contributed by atoms with Crippen molar-refractivity contribution in [3.8, 4) is 17.1 Å². The predicted molar refractivity (Wildman–Crippen MR) is 117 cm³/mol. The molecule has 0 bridgehead atoms. The number of thiazole rings is 1. The van der Waals surface area contributed by atoms with Gasteiger partial charge < -0.3 is 0 Å².